The first-order valence-electron chi connectivity index (χ1n) is 4.78. The van der Waals surface area contributed by atoms with Crippen molar-refractivity contribution in [3.05, 3.63) is 18.2 Å². The van der Waals surface area contributed by atoms with Gasteiger partial charge in [0, 0.05) is 0 Å². The number of benzene rings is 1. The van der Waals surface area contributed by atoms with Gasteiger partial charge in [-0.1, -0.05) is 19.4 Å². The molecule has 1 aromatic carbocycles. The predicted molar refractivity (Wildman–Crippen MR) is 55.1 cm³/mol. The van der Waals surface area contributed by atoms with Crippen molar-refractivity contribution >= 4 is 0 Å². The number of hydrogen-bond acceptors (Lipinski definition) is 3. The minimum Gasteiger partial charge on any atom is -0.502 e. The summed E-state index contributed by atoms with van der Waals surface area (Å²) >= 11 is 0. The topological polar surface area (TPSA) is 38.7 Å². The number of rotatable bonds is 5. The van der Waals surface area contributed by atoms with E-state index >= 15 is 0 Å². The lowest BCUT2D eigenvalue weighted by molar-refractivity contribution is 0.285. The summed E-state index contributed by atoms with van der Waals surface area (Å²) in [6.07, 6.45) is 2.06. The summed E-state index contributed by atoms with van der Waals surface area (Å²) in [5.74, 6) is 1.00. The zero-order valence-electron chi connectivity index (χ0n) is 8.62. The molecule has 0 aliphatic heterocycles. The van der Waals surface area contributed by atoms with Crippen molar-refractivity contribution in [1.29, 1.82) is 0 Å². The van der Waals surface area contributed by atoms with Crippen LogP contribution in [0, 0.1) is 0 Å². The van der Waals surface area contributed by atoms with Crippen LogP contribution in [0.15, 0.2) is 18.2 Å². The largest absolute Gasteiger partial charge is 0.502 e. The number of phenolic OH excluding ortho intramolecular Hbond substituents is 1. The summed E-state index contributed by atoms with van der Waals surface area (Å²) in [4.78, 5) is 0. The molecule has 0 aromatic heterocycles. The van der Waals surface area contributed by atoms with E-state index in [1.165, 1.54) is 7.11 Å². The molecule has 0 heterocycles. The highest BCUT2D eigenvalue weighted by molar-refractivity contribution is 5.49. The van der Waals surface area contributed by atoms with Crippen LogP contribution in [-0.2, 0) is 0 Å². The normalized spacial score (nSPS) is 9.86. The molecule has 0 amide bonds. The van der Waals surface area contributed by atoms with E-state index in [1.807, 2.05) is 0 Å². The Labute approximate surface area is 84.3 Å². The second-order valence-electron chi connectivity index (χ2n) is 3.01. The molecule has 0 bridgehead atoms. The number of para-hydroxylation sites is 1. The van der Waals surface area contributed by atoms with Gasteiger partial charge in [0.15, 0.2) is 11.5 Å². The fourth-order valence-corrected chi connectivity index (χ4v) is 1.11. The molecule has 0 unspecified atom stereocenters. The van der Waals surface area contributed by atoms with E-state index in [9.17, 15) is 5.11 Å². The number of hydrogen-bond donors (Lipinski definition) is 1. The van der Waals surface area contributed by atoms with Crippen molar-refractivity contribution in [1.82, 2.24) is 0 Å². The molecule has 78 valence electrons. The van der Waals surface area contributed by atoms with Crippen molar-refractivity contribution in [2.75, 3.05) is 13.7 Å². The van der Waals surface area contributed by atoms with Gasteiger partial charge in [0.2, 0.25) is 5.75 Å². The van der Waals surface area contributed by atoms with Gasteiger partial charge in [-0.25, -0.2) is 0 Å². The van der Waals surface area contributed by atoms with Gasteiger partial charge in [0.25, 0.3) is 0 Å². The van der Waals surface area contributed by atoms with Crippen molar-refractivity contribution < 1.29 is 14.6 Å². The van der Waals surface area contributed by atoms with Gasteiger partial charge >= 0.3 is 0 Å². The van der Waals surface area contributed by atoms with Crippen molar-refractivity contribution in [2.45, 2.75) is 19.8 Å². The molecule has 0 saturated carbocycles. The first-order chi connectivity index (χ1) is 6.79. The molecule has 1 aromatic rings. The molecule has 0 aliphatic carbocycles. The quantitative estimate of drug-likeness (QED) is 0.735. The van der Waals surface area contributed by atoms with E-state index in [2.05, 4.69) is 6.92 Å². The molecule has 0 radical (unpaired) electrons. The van der Waals surface area contributed by atoms with E-state index in [-0.39, 0.29) is 5.75 Å². The zero-order chi connectivity index (χ0) is 10.4. The van der Waals surface area contributed by atoms with Gasteiger partial charge in [-0.3, -0.25) is 0 Å². The van der Waals surface area contributed by atoms with Crippen LogP contribution in [0.4, 0.5) is 0 Å². The maximum Gasteiger partial charge on any atom is 0.200 e. The lowest BCUT2D eigenvalue weighted by atomic mass is 10.3. The summed E-state index contributed by atoms with van der Waals surface area (Å²) in [5.41, 5.74) is 0. The third kappa shape index (κ3) is 2.55. The molecule has 0 fully saturated rings. The van der Waals surface area contributed by atoms with E-state index in [0.717, 1.165) is 12.8 Å². The van der Waals surface area contributed by atoms with Crippen LogP contribution < -0.4 is 9.47 Å². The number of ether oxygens (including phenoxy) is 2. The summed E-state index contributed by atoms with van der Waals surface area (Å²) in [7, 11) is 1.52. The fourth-order valence-electron chi connectivity index (χ4n) is 1.11. The lowest BCUT2D eigenvalue weighted by Crippen LogP contribution is -1.97. The maximum absolute atomic E-state index is 9.64. The first kappa shape index (κ1) is 10.7. The Morgan fingerprint density at radius 2 is 2.00 bits per heavy atom. The van der Waals surface area contributed by atoms with Crippen LogP contribution in [-0.4, -0.2) is 18.8 Å². The van der Waals surface area contributed by atoms with Crippen molar-refractivity contribution in [3.63, 3.8) is 0 Å². The van der Waals surface area contributed by atoms with E-state index < -0.39 is 0 Å². The Morgan fingerprint density at radius 3 is 2.64 bits per heavy atom. The molecule has 14 heavy (non-hydrogen) atoms. The summed E-state index contributed by atoms with van der Waals surface area (Å²) in [6.45, 7) is 2.71. The van der Waals surface area contributed by atoms with Gasteiger partial charge in [0.1, 0.15) is 0 Å². The summed E-state index contributed by atoms with van der Waals surface area (Å²) < 4.78 is 10.4. The molecule has 3 heteroatoms. The molecular formula is C11H16O3. The van der Waals surface area contributed by atoms with Crippen LogP contribution in [0.1, 0.15) is 19.8 Å². The molecule has 1 rings (SSSR count). The Morgan fingerprint density at radius 1 is 1.29 bits per heavy atom. The number of unbranched alkanes of at least 4 members (excludes halogenated alkanes) is 1. The number of methoxy groups -OCH3 is 1. The summed E-state index contributed by atoms with van der Waals surface area (Å²) in [6, 6.07) is 5.22. The lowest BCUT2D eigenvalue weighted by Gasteiger charge is -2.09. The molecule has 1 N–H and O–H groups in total. The third-order valence-corrected chi connectivity index (χ3v) is 1.94. The molecular weight excluding hydrogens is 180 g/mol. The molecule has 0 saturated heterocycles. The summed E-state index contributed by atoms with van der Waals surface area (Å²) in [5, 5.41) is 9.64. The molecule has 0 aliphatic rings. The Hall–Kier alpha value is -1.38. The average Bonchev–Trinajstić information content (AvgIpc) is 2.21. The first-order valence-corrected chi connectivity index (χ1v) is 4.78. The van der Waals surface area contributed by atoms with Gasteiger partial charge in [0.05, 0.1) is 13.7 Å². The second kappa shape index (κ2) is 5.37. The average molecular weight is 196 g/mol. The van der Waals surface area contributed by atoms with Gasteiger partial charge in [-0.2, -0.15) is 0 Å². The highest BCUT2D eigenvalue weighted by Crippen LogP contribution is 2.35. The predicted octanol–water partition coefficient (Wildman–Crippen LogP) is 2.58. The van der Waals surface area contributed by atoms with Crippen molar-refractivity contribution in [2.24, 2.45) is 0 Å². The zero-order valence-corrected chi connectivity index (χ0v) is 8.62. The monoisotopic (exact) mass is 196 g/mol. The molecule has 0 spiro atoms. The van der Waals surface area contributed by atoms with Gasteiger partial charge in [-0.15, -0.1) is 0 Å². The standard InChI is InChI=1S/C11H16O3/c1-3-4-8-14-10-7-5-6-9(13-2)11(10)12/h5-7,12H,3-4,8H2,1-2H3. The number of phenols is 1. The smallest absolute Gasteiger partial charge is 0.200 e. The minimum absolute atomic E-state index is 0.0751. The van der Waals surface area contributed by atoms with Crippen LogP contribution in [0.2, 0.25) is 0 Å². The van der Waals surface area contributed by atoms with Crippen LogP contribution in [0.3, 0.4) is 0 Å². The van der Waals surface area contributed by atoms with Crippen LogP contribution in [0.25, 0.3) is 0 Å². The van der Waals surface area contributed by atoms with Gasteiger partial charge in [-0.05, 0) is 18.6 Å². The van der Waals surface area contributed by atoms with E-state index in [0.29, 0.717) is 18.1 Å². The highest BCUT2D eigenvalue weighted by Gasteiger charge is 2.07. The second-order valence-corrected chi connectivity index (χ2v) is 3.01. The highest BCUT2D eigenvalue weighted by atomic mass is 16.5. The number of aromatic hydroxyl groups is 1. The van der Waals surface area contributed by atoms with Gasteiger partial charge < -0.3 is 14.6 Å². The molecule has 3 nitrogen and oxygen atoms in total. The maximum atomic E-state index is 9.64. The van der Waals surface area contributed by atoms with E-state index in [4.69, 9.17) is 9.47 Å². The Bertz CT molecular complexity index is 284. The third-order valence-electron chi connectivity index (χ3n) is 1.94. The Balaban J connectivity index is 2.66. The SMILES string of the molecule is CCCCOc1cccc(OC)c1O. The minimum atomic E-state index is 0.0751. The van der Waals surface area contributed by atoms with Crippen LogP contribution >= 0.6 is 0 Å². The van der Waals surface area contributed by atoms with Crippen molar-refractivity contribution in [3.8, 4) is 17.2 Å². The Kier molecular flexibility index (Phi) is 4.11. The molecule has 0 atom stereocenters. The van der Waals surface area contributed by atoms with E-state index in [1.54, 1.807) is 18.2 Å². The fraction of sp³-hybridized carbons (Fsp3) is 0.455. The van der Waals surface area contributed by atoms with Crippen LogP contribution in [0.5, 0.6) is 17.2 Å².